The van der Waals surface area contributed by atoms with Crippen LogP contribution in [0, 0.1) is 5.92 Å². The number of ether oxygens (including phenoxy) is 1. The van der Waals surface area contributed by atoms with E-state index in [9.17, 15) is 13.2 Å². The number of carbonyl (C=O) groups excluding carboxylic acids is 1. The minimum atomic E-state index is -3.50. The molecule has 0 unspecified atom stereocenters. The molecule has 1 amide bonds. The van der Waals surface area contributed by atoms with Gasteiger partial charge in [-0.1, -0.05) is 30.3 Å². The van der Waals surface area contributed by atoms with E-state index in [4.69, 9.17) is 4.74 Å². The molecule has 1 saturated heterocycles. The Morgan fingerprint density at radius 3 is 2.31 bits per heavy atom. The van der Waals surface area contributed by atoms with E-state index in [0.29, 0.717) is 37.4 Å². The second kappa shape index (κ2) is 9.41. The van der Waals surface area contributed by atoms with Crippen LogP contribution in [0.3, 0.4) is 0 Å². The fourth-order valence-electron chi connectivity index (χ4n) is 3.53. The van der Waals surface area contributed by atoms with E-state index >= 15 is 0 Å². The van der Waals surface area contributed by atoms with Crippen molar-refractivity contribution in [3.63, 3.8) is 0 Å². The SMILES string of the molecule is CCOc1ccc([C@H](C)NC(=O)C2CCN(S(=O)(=O)c3ccccc3)CC2)cc1. The molecule has 2 aromatic rings. The molecule has 1 heterocycles. The van der Waals surface area contributed by atoms with E-state index in [-0.39, 0.29) is 17.9 Å². The summed E-state index contributed by atoms with van der Waals surface area (Å²) in [6.07, 6.45) is 1.04. The molecular formula is C22H28N2O4S. The summed E-state index contributed by atoms with van der Waals surface area (Å²) in [5, 5.41) is 3.05. The highest BCUT2D eigenvalue weighted by molar-refractivity contribution is 7.89. The van der Waals surface area contributed by atoms with E-state index in [0.717, 1.165) is 11.3 Å². The lowest BCUT2D eigenvalue weighted by atomic mass is 9.96. The van der Waals surface area contributed by atoms with Crippen LogP contribution in [0.5, 0.6) is 5.75 Å². The highest BCUT2D eigenvalue weighted by Crippen LogP contribution is 2.25. The molecule has 1 atom stereocenters. The predicted molar refractivity (Wildman–Crippen MR) is 112 cm³/mol. The zero-order valence-electron chi connectivity index (χ0n) is 16.9. The van der Waals surface area contributed by atoms with Crippen LogP contribution in [0.15, 0.2) is 59.5 Å². The third-order valence-corrected chi connectivity index (χ3v) is 7.17. The first-order valence-corrected chi connectivity index (χ1v) is 11.4. The summed E-state index contributed by atoms with van der Waals surface area (Å²) >= 11 is 0. The summed E-state index contributed by atoms with van der Waals surface area (Å²) in [7, 11) is -3.50. The van der Waals surface area contributed by atoms with Gasteiger partial charge in [0.05, 0.1) is 17.5 Å². The Morgan fingerprint density at radius 1 is 1.10 bits per heavy atom. The molecule has 0 saturated carbocycles. The molecule has 1 aliphatic heterocycles. The number of hydrogen-bond acceptors (Lipinski definition) is 4. The van der Waals surface area contributed by atoms with Gasteiger partial charge in [0.2, 0.25) is 15.9 Å². The first-order chi connectivity index (χ1) is 13.9. The van der Waals surface area contributed by atoms with Crippen LogP contribution in [0.2, 0.25) is 0 Å². The van der Waals surface area contributed by atoms with Crippen molar-refractivity contribution >= 4 is 15.9 Å². The summed E-state index contributed by atoms with van der Waals surface area (Å²) in [6.45, 7) is 5.21. The molecule has 0 spiro atoms. The number of sulfonamides is 1. The van der Waals surface area contributed by atoms with Gasteiger partial charge in [-0.2, -0.15) is 4.31 Å². The lowest BCUT2D eigenvalue weighted by Gasteiger charge is -2.31. The highest BCUT2D eigenvalue weighted by atomic mass is 32.2. The first-order valence-electron chi connectivity index (χ1n) is 10.00. The molecule has 29 heavy (non-hydrogen) atoms. The van der Waals surface area contributed by atoms with Crippen molar-refractivity contribution < 1.29 is 17.9 Å². The van der Waals surface area contributed by atoms with Crippen molar-refractivity contribution in [1.82, 2.24) is 9.62 Å². The lowest BCUT2D eigenvalue weighted by Crippen LogP contribution is -2.43. The molecule has 2 aromatic carbocycles. The van der Waals surface area contributed by atoms with Crippen LogP contribution in [-0.2, 0) is 14.8 Å². The van der Waals surface area contributed by atoms with Gasteiger partial charge in [-0.05, 0) is 56.5 Å². The Hall–Kier alpha value is -2.38. The Bertz CT molecular complexity index is 906. The van der Waals surface area contributed by atoms with Crippen molar-refractivity contribution in [1.29, 1.82) is 0 Å². The molecule has 156 valence electrons. The smallest absolute Gasteiger partial charge is 0.243 e. The molecular weight excluding hydrogens is 388 g/mol. The quantitative estimate of drug-likeness (QED) is 0.751. The van der Waals surface area contributed by atoms with E-state index in [1.165, 1.54) is 4.31 Å². The average molecular weight is 417 g/mol. The molecule has 6 nitrogen and oxygen atoms in total. The maximum absolute atomic E-state index is 12.7. The first kappa shape index (κ1) is 21.3. The van der Waals surface area contributed by atoms with Gasteiger partial charge in [0.25, 0.3) is 0 Å². The Morgan fingerprint density at radius 2 is 1.72 bits per heavy atom. The van der Waals surface area contributed by atoms with Crippen LogP contribution in [0.4, 0.5) is 0 Å². The number of piperidine rings is 1. The maximum atomic E-state index is 12.7. The summed E-state index contributed by atoms with van der Waals surface area (Å²) in [4.78, 5) is 13.0. The van der Waals surface area contributed by atoms with Crippen LogP contribution in [0.25, 0.3) is 0 Å². The molecule has 3 rings (SSSR count). The summed E-state index contributed by atoms with van der Waals surface area (Å²) in [5.74, 6) is 0.604. The number of nitrogens with zero attached hydrogens (tertiary/aromatic N) is 1. The molecule has 0 radical (unpaired) electrons. The Kier molecular flexibility index (Phi) is 6.92. The van der Waals surface area contributed by atoms with Crippen LogP contribution >= 0.6 is 0 Å². The predicted octanol–water partition coefficient (Wildman–Crippen LogP) is 3.36. The summed E-state index contributed by atoms with van der Waals surface area (Å²) in [5.41, 5.74) is 1.01. The number of rotatable bonds is 7. The van der Waals surface area contributed by atoms with Gasteiger partial charge in [0, 0.05) is 19.0 Å². The topological polar surface area (TPSA) is 75.7 Å². The van der Waals surface area contributed by atoms with E-state index < -0.39 is 10.0 Å². The second-order valence-electron chi connectivity index (χ2n) is 7.22. The fourth-order valence-corrected chi connectivity index (χ4v) is 5.02. The van der Waals surface area contributed by atoms with Crippen molar-refractivity contribution in [3.8, 4) is 5.75 Å². The van der Waals surface area contributed by atoms with Gasteiger partial charge in [0.1, 0.15) is 5.75 Å². The number of amides is 1. The van der Waals surface area contributed by atoms with Crippen LogP contribution in [0.1, 0.15) is 38.3 Å². The van der Waals surface area contributed by atoms with E-state index in [1.807, 2.05) is 38.1 Å². The molecule has 0 aromatic heterocycles. The third-order valence-electron chi connectivity index (χ3n) is 5.26. The Labute approximate surface area is 172 Å². The Balaban J connectivity index is 1.54. The van der Waals surface area contributed by atoms with Gasteiger partial charge in [0.15, 0.2) is 0 Å². The minimum absolute atomic E-state index is 0.0249. The van der Waals surface area contributed by atoms with Crippen LogP contribution in [-0.4, -0.2) is 38.3 Å². The molecule has 0 bridgehead atoms. The highest BCUT2D eigenvalue weighted by Gasteiger charge is 2.32. The summed E-state index contributed by atoms with van der Waals surface area (Å²) in [6, 6.07) is 16.0. The number of hydrogen-bond donors (Lipinski definition) is 1. The monoisotopic (exact) mass is 416 g/mol. The van der Waals surface area contributed by atoms with Gasteiger partial charge in [-0.25, -0.2) is 8.42 Å². The molecule has 1 N–H and O–H groups in total. The fraction of sp³-hybridized carbons (Fsp3) is 0.409. The normalized spacial score (nSPS) is 16.9. The summed E-state index contributed by atoms with van der Waals surface area (Å²) < 4.78 is 32.4. The van der Waals surface area contributed by atoms with Crippen molar-refractivity contribution in [2.75, 3.05) is 19.7 Å². The van der Waals surface area contributed by atoms with Gasteiger partial charge < -0.3 is 10.1 Å². The zero-order valence-corrected chi connectivity index (χ0v) is 17.7. The average Bonchev–Trinajstić information content (AvgIpc) is 2.75. The largest absolute Gasteiger partial charge is 0.494 e. The van der Waals surface area contributed by atoms with Crippen LogP contribution < -0.4 is 10.1 Å². The lowest BCUT2D eigenvalue weighted by molar-refractivity contribution is -0.126. The van der Waals surface area contributed by atoms with Crippen molar-refractivity contribution in [3.05, 3.63) is 60.2 Å². The third kappa shape index (κ3) is 5.16. The number of carbonyl (C=O) groups is 1. The van der Waals surface area contributed by atoms with Crippen molar-refractivity contribution in [2.45, 2.75) is 37.6 Å². The number of benzene rings is 2. The van der Waals surface area contributed by atoms with Gasteiger partial charge in [-0.15, -0.1) is 0 Å². The second-order valence-corrected chi connectivity index (χ2v) is 9.16. The standard InChI is InChI=1S/C22H28N2O4S/c1-3-28-20-11-9-18(10-12-20)17(2)23-22(25)19-13-15-24(16-14-19)29(26,27)21-7-5-4-6-8-21/h4-12,17,19H,3,13-16H2,1-2H3,(H,23,25)/t17-/m0/s1. The number of nitrogens with one attached hydrogen (secondary N) is 1. The van der Waals surface area contributed by atoms with E-state index in [2.05, 4.69) is 5.32 Å². The van der Waals surface area contributed by atoms with E-state index in [1.54, 1.807) is 30.3 Å². The molecule has 0 aliphatic carbocycles. The molecule has 7 heteroatoms. The van der Waals surface area contributed by atoms with Gasteiger partial charge >= 0.3 is 0 Å². The maximum Gasteiger partial charge on any atom is 0.243 e. The van der Waals surface area contributed by atoms with Crippen molar-refractivity contribution in [2.24, 2.45) is 5.92 Å². The minimum Gasteiger partial charge on any atom is -0.494 e. The molecule has 1 fully saturated rings. The zero-order chi connectivity index (χ0) is 20.9. The molecule has 1 aliphatic rings. The van der Waals surface area contributed by atoms with Gasteiger partial charge in [-0.3, -0.25) is 4.79 Å².